The largest absolute Gasteiger partial charge is 0.122 e. The molecule has 0 aromatic heterocycles. The van der Waals surface area contributed by atoms with E-state index in [4.69, 9.17) is 0 Å². The number of rotatable bonds is 2. The van der Waals surface area contributed by atoms with Gasteiger partial charge >= 0.3 is 0 Å². The first-order chi connectivity index (χ1) is 5.34. The third-order valence-electron chi connectivity index (χ3n) is 1.48. The number of hydrogen-bond acceptors (Lipinski definition) is 1. The van der Waals surface area contributed by atoms with Crippen molar-refractivity contribution < 1.29 is 0 Å². The summed E-state index contributed by atoms with van der Waals surface area (Å²) in [5, 5.41) is 0. The molecule has 1 heterocycles. The maximum atomic E-state index is 3.63. The summed E-state index contributed by atoms with van der Waals surface area (Å²) in [4.78, 5) is 1.35. The molecule has 0 aromatic rings. The Labute approximate surface area is 72.4 Å². The van der Waals surface area contributed by atoms with Crippen molar-refractivity contribution in [1.82, 2.24) is 0 Å². The fourth-order valence-electron chi connectivity index (χ4n) is 0.894. The molecule has 58 valence electrons. The highest BCUT2D eigenvalue weighted by Crippen LogP contribution is 2.25. The molecule has 0 bridgehead atoms. The second kappa shape index (κ2) is 4.24. The zero-order valence-electron chi connectivity index (χ0n) is 6.71. The average molecular weight is 164 g/mol. The van der Waals surface area contributed by atoms with E-state index in [1.165, 1.54) is 10.5 Å². The molecule has 0 amide bonds. The first-order valence-corrected chi connectivity index (χ1v) is 4.62. The summed E-state index contributed by atoms with van der Waals surface area (Å²) in [6.45, 7) is 5.76. The Morgan fingerprint density at radius 1 is 1.64 bits per heavy atom. The van der Waals surface area contributed by atoms with E-state index >= 15 is 0 Å². The van der Waals surface area contributed by atoms with Crippen molar-refractivity contribution in [2.45, 2.75) is 6.92 Å². The van der Waals surface area contributed by atoms with E-state index in [0.29, 0.717) is 0 Å². The van der Waals surface area contributed by atoms with Crippen LogP contribution in [0.5, 0.6) is 0 Å². The molecule has 0 N–H and O–H groups in total. The van der Waals surface area contributed by atoms with E-state index in [2.05, 4.69) is 31.7 Å². The van der Waals surface area contributed by atoms with Gasteiger partial charge in [-0.3, -0.25) is 0 Å². The molecule has 0 spiro atoms. The van der Waals surface area contributed by atoms with Crippen LogP contribution in [0.4, 0.5) is 0 Å². The van der Waals surface area contributed by atoms with Gasteiger partial charge in [0.25, 0.3) is 0 Å². The normalized spacial score (nSPS) is 17.9. The molecule has 0 radical (unpaired) electrons. The van der Waals surface area contributed by atoms with Crippen molar-refractivity contribution in [3.63, 3.8) is 0 Å². The summed E-state index contributed by atoms with van der Waals surface area (Å²) in [6, 6.07) is 0. The van der Waals surface area contributed by atoms with Crippen LogP contribution in [0.2, 0.25) is 0 Å². The Hall–Kier alpha value is -0.690. The quantitative estimate of drug-likeness (QED) is 0.564. The van der Waals surface area contributed by atoms with Crippen LogP contribution >= 0.6 is 11.8 Å². The molecule has 1 rings (SSSR count). The van der Waals surface area contributed by atoms with Crippen molar-refractivity contribution in [2.75, 3.05) is 5.75 Å². The lowest BCUT2D eigenvalue weighted by Crippen LogP contribution is -1.85. The average Bonchev–Trinajstić information content (AvgIpc) is 2.03. The molecule has 1 heteroatoms. The number of hydrogen-bond donors (Lipinski definition) is 0. The lowest BCUT2D eigenvalue weighted by Gasteiger charge is -2.07. The lowest BCUT2D eigenvalue weighted by molar-refractivity contribution is 1.47. The van der Waals surface area contributed by atoms with Crippen molar-refractivity contribution in [3.05, 3.63) is 47.4 Å². The maximum Gasteiger partial charge on any atom is 0.0164 e. The van der Waals surface area contributed by atoms with Gasteiger partial charge < -0.3 is 0 Å². The minimum absolute atomic E-state index is 1.09. The molecule has 0 aliphatic carbocycles. The van der Waals surface area contributed by atoms with E-state index in [1.54, 1.807) is 6.08 Å². The third kappa shape index (κ3) is 2.43. The zero-order valence-corrected chi connectivity index (χ0v) is 7.53. The van der Waals surface area contributed by atoms with Gasteiger partial charge in [-0.15, -0.1) is 11.8 Å². The van der Waals surface area contributed by atoms with Crippen molar-refractivity contribution >= 4 is 11.8 Å². The zero-order chi connectivity index (χ0) is 8.10. The van der Waals surface area contributed by atoms with Gasteiger partial charge in [0.15, 0.2) is 0 Å². The number of thioether (sulfide) groups is 1. The molecular formula is C10H12S. The van der Waals surface area contributed by atoms with Crippen molar-refractivity contribution in [3.8, 4) is 0 Å². The minimum atomic E-state index is 1.09. The van der Waals surface area contributed by atoms with Crippen LogP contribution in [0.3, 0.4) is 0 Å². The standard InChI is InChI=1S/C10H12S/c1-3-4-7-10-9(2)6-5-8-11-10/h3-7H,1,8H2,2H3/b7-4-. The van der Waals surface area contributed by atoms with Gasteiger partial charge in [-0.1, -0.05) is 30.9 Å². The monoisotopic (exact) mass is 164 g/mol. The van der Waals surface area contributed by atoms with Crippen LogP contribution in [-0.2, 0) is 0 Å². The molecule has 1 aliphatic rings. The summed E-state index contributed by atoms with van der Waals surface area (Å²) in [7, 11) is 0. The second-order valence-electron chi connectivity index (χ2n) is 2.36. The summed E-state index contributed by atoms with van der Waals surface area (Å²) >= 11 is 1.87. The molecule has 0 fully saturated rings. The SMILES string of the molecule is C=C/C=C\C1=C(C)C=CCS1. The highest BCUT2D eigenvalue weighted by molar-refractivity contribution is 8.03. The maximum absolute atomic E-state index is 3.63. The van der Waals surface area contributed by atoms with Gasteiger partial charge in [-0.2, -0.15) is 0 Å². The third-order valence-corrected chi connectivity index (χ3v) is 2.60. The molecule has 11 heavy (non-hydrogen) atoms. The fourth-order valence-corrected chi connectivity index (χ4v) is 1.74. The van der Waals surface area contributed by atoms with Gasteiger partial charge in [0.1, 0.15) is 0 Å². The highest BCUT2D eigenvalue weighted by Gasteiger charge is 1.99. The molecule has 0 saturated heterocycles. The van der Waals surface area contributed by atoms with E-state index in [-0.39, 0.29) is 0 Å². The second-order valence-corrected chi connectivity index (χ2v) is 3.42. The van der Waals surface area contributed by atoms with Crippen molar-refractivity contribution in [1.29, 1.82) is 0 Å². The van der Waals surface area contributed by atoms with Gasteiger partial charge in [-0.05, 0) is 18.6 Å². The molecule has 0 nitrogen and oxygen atoms in total. The Kier molecular flexibility index (Phi) is 3.24. The van der Waals surface area contributed by atoms with Crippen LogP contribution in [-0.4, -0.2) is 5.75 Å². The van der Waals surface area contributed by atoms with E-state index in [9.17, 15) is 0 Å². The smallest absolute Gasteiger partial charge is 0.0164 e. The van der Waals surface area contributed by atoms with Gasteiger partial charge in [0, 0.05) is 10.7 Å². The van der Waals surface area contributed by atoms with Crippen molar-refractivity contribution in [2.24, 2.45) is 0 Å². The molecule has 0 saturated carbocycles. The van der Waals surface area contributed by atoms with Crippen LogP contribution in [0.1, 0.15) is 6.92 Å². The summed E-state index contributed by atoms with van der Waals surface area (Å²) < 4.78 is 0. The summed E-state index contributed by atoms with van der Waals surface area (Å²) in [6.07, 6.45) is 10.2. The van der Waals surface area contributed by atoms with Gasteiger partial charge in [0.05, 0.1) is 0 Å². The minimum Gasteiger partial charge on any atom is -0.122 e. The topological polar surface area (TPSA) is 0 Å². The van der Waals surface area contributed by atoms with Crippen LogP contribution < -0.4 is 0 Å². The van der Waals surface area contributed by atoms with Crippen LogP contribution in [0.15, 0.2) is 47.4 Å². The Morgan fingerprint density at radius 2 is 2.45 bits per heavy atom. The fraction of sp³-hybridized carbons (Fsp3) is 0.200. The molecule has 0 aromatic carbocycles. The van der Waals surface area contributed by atoms with Gasteiger partial charge in [0.2, 0.25) is 0 Å². The predicted octanol–water partition coefficient (Wildman–Crippen LogP) is 3.31. The van der Waals surface area contributed by atoms with Crippen LogP contribution in [0, 0.1) is 0 Å². The molecule has 0 unspecified atom stereocenters. The van der Waals surface area contributed by atoms with E-state index in [1.807, 2.05) is 17.8 Å². The summed E-state index contributed by atoms with van der Waals surface area (Å²) in [5.41, 5.74) is 1.35. The highest BCUT2D eigenvalue weighted by atomic mass is 32.2. The Morgan fingerprint density at radius 3 is 3.09 bits per heavy atom. The Bertz CT molecular complexity index is 231. The lowest BCUT2D eigenvalue weighted by atomic mass is 10.2. The summed E-state index contributed by atoms with van der Waals surface area (Å²) in [5.74, 6) is 1.09. The van der Waals surface area contributed by atoms with Crippen LogP contribution in [0.25, 0.3) is 0 Å². The Balaban J connectivity index is 2.75. The predicted molar refractivity (Wildman–Crippen MR) is 53.6 cm³/mol. The molecular weight excluding hydrogens is 152 g/mol. The number of allylic oxidation sites excluding steroid dienone is 5. The van der Waals surface area contributed by atoms with E-state index in [0.717, 1.165) is 5.75 Å². The molecule has 0 atom stereocenters. The van der Waals surface area contributed by atoms with E-state index < -0.39 is 0 Å². The first kappa shape index (κ1) is 8.41. The van der Waals surface area contributed by atoms with Gasteiger partial charge in [-0.25, -0.2) is 0 Å². The molecule has 1 aliphatic heterocycles. The first-order valence-electron chi connectivity index (χ1n) is 3.64.